The predicted molar refractivity (Wildman–Crippen MR) is 148 cm³/mol. The van der Waals surface area contributed by atoms with Gasteiger partial charge in [0.2, 0.25) is 0 Å². The van der Waals surface area contributed by atoms with E-state index in [1.54, 1.807) is 23.5 Å². The Morgan fingerprint density at radius 2 is 1.06 bits per heavy atom. The van der Waals surface area contributed by atoms with Gasteiger partial charge in [-0.15, -0.1) is 11.3 Å². The number of hydrogen-bond acceptors (Lipinski definition) is 9. The van der Waals surface area contributed by atoms with E-state index in [9.17, 15) is 20.2 Å². The summed E-state index contributed by atoms with van der Waals surface area (Å²) >= 11 is 3.98. The molecule has 0 aromatic carbocycles. The third kappa shape index (κ3) is 6.36. The summed E-state index contributed by atoms with van der Waals surface area (Å²) in [5, 5.41) is 22.5. The zero-order valence-corrected chi connectivity index (χ0v) is 22.5. The third-order valence-corrected chi connectivity index (χ3v) is 8.56. The number of rotatable bonds is 12. The fourth-order valence-corrected chi connectivity index (χ4v) is 6.30. The van der Waals surface area contributed by atoms with Gasteiger partial charge in [0.15, 0.2) is 0 Å². The molecule has 3 aromatic rings. The highest BCUT2D eigenvalue weighted by molar-refractivity contribution is 7.17. The van der Waals surface area contributed by atoms with Gasteiger partial charge in [0, 0.05) is 48.1 Å². The maximum absolute atomic E-state index is 11.1. The molecule has 0 aliphatic carbocycles. The lowest BCUT2D eigenvalue weighted by Gasteiger charge is -2.25. The Kier molecular flexibility index (Phi) is 9.19. The molecule has 0 spiro atoms. The molecule has 0 radical (unpaired) electrons. The van der Waals surface area contributed by atoms with Crippen molar-refractivity contribution in [3.8, 4) is 0 Å². The van der Waals surface area contributed by atoms with Crippen LogP contribution in [-0.2, 0) is 0 Å². The number of nitrogens with zero attached hydrogens (tertiary/aromatic N) is 4. The van der Waals surface area contributed by atoms with E-state index in [1.165, 1.54) is 12.1 Å². The Balaban J connectivity index is 2.06. The van der Waals surface area contributed by atoms with Crippen molar-refractivity contribution in [2.75, 3.05) is 26.2 Å². The third-order valence-electron chi connectivity index (χ3n) is 5.46. The highest BCUT2D eigenvalue weighted by Crippen LogP contribution is 2.37. The van der Waals surface area contributed by atoms with E-state index < -0.39 is 0 Å². The summed E-state index contributed by atoms with van der Waals surface area (Å²) in [4.78, 5) is 29.8. The van der Waals surface area contributed by atoms with Gasteiger partial charge in [-0.3, -0.25) is 20.2 Å². The second-order valence-electron chi connectivity index (χ2n) is 7.43. The summed E-state index contributed by atoms with van der Waals surface area (Å²) in [6.07, 6.45) is 4.04. The van der Waals surface area contributed by atoms with Crippen LogP contribution in [0.4, 0.5) is 10.0 Å². The molecule has 0 atom stereocenters. The van der Waals surface area contributed by atoms with Gasteiger partial charge in [-0.25, -0.2) is 0 Å². The van der Waals surface area contributed by atoms with Crippen molar-refractivity contribution in [3.05, 3.63) is 76.1 Å². The van der Waals surface area contributed by atoms with Crippen molar-refractivity contribution in [1.82, 2.24) is 9.80 Å². The molecular formula is C24H28N4O4S3. The first-order valence-corrected chi connectivity index (χ1v) is 13.8. The Labute approximate surface area is 216 Å². The SMILES string of the molecule is CCN(CC)/C(=C/c1ccc([N+](=O)[O-])s1)c1ccc(/C(=C\c2ccc([N+](=O)[O-])s2)N(CC)CC)s1. The van der Waals surface area contributed by atoms with E-state index in [1.807, 2.05) is 12.2 Å². The molecule has 0 aliphatic rings. The molecule has 3 heterocycles. The largest absolute Gasteiger partial charge is 0.371 e. The number of thiophene rings is 3. The Bertz CT molecular complexity index is 1140. The molecule has 0 amide bonds. The second-order valence-corrected chi connectivity index (χ2v) is 10.7. The van der Waals surface area contributed by atoms with E-state index in [4.69, 9.17) is 0 Å². The molecule has 0 unspecified atom stereocenters. The topological polar surface area (TPSA) is 92.8 Å². The molecule has 3 aromatic heterocycles. The standard InChI is InChI=1S/C24H28N4O4S3/c1-5-25(6-2)19(15-17-9-13-23(33-17)27(29)30)21-11-12-22(35-21)20(26(7-3)8-4)16-18-10-14-24(34-18)28(31)32/h9-16H,5-8H2,1-4H3/b19-15+,20-16+. The van der Waals surface area contributed by atoms with Crippen LogP contribution in [0.5, 0.6) is 0 Å². The summed E-state index contributed by atoms with van der Waals surface area (Å²) in [5.74, 6) is 0. The molecule has 186 valence electrons. The van der Waals surface area contributed by atoms with Crippen LogP contribution in [0, 0.1) is 20.2 Å². The Hall–Kier alpha value is -3.02. The lowest BCUT2D eigenvalue weighted by Crippen LogP contribution is -2.21. The number of nitro groups is 2. The molecule has 8 nitrogen and oxygen atoms in total. The summed E-state index contributed by atoms with van der Waals surface area (Å²) < 4.78 is 0. The van der Waals surface area contributed by atoms with Crippen molar-refractivity contribution >= 4 is 67.6 Å². The van der Waals surface area contributed by atoms with Gasteiger partial charge < -0.3 is 9.80 Å². The first-order chi connectivity index (χ1) is 16.8. The van der Waals surface area contributed by atoms with Gasteiger partial charge in [0.05, 0.1) is 31.0 Å². The van der Waals surface area contributed by atoms with Gasteiger partial charge in [0.25, 0.3) is 0 Å². The molecule has 0 aliphatic heterocycles. The highest BCUT2D eigenvalue weighted by atomic mass is 32.1. The molecule has 0 N–H and O–H groups in total. The van der Waals surface area contributed by atoms with Crippen molar-refractivity contribution in [2.45, 2.75) is 27.7 Å². The van der Waals surface area contributed by atoms with Crippen LogP contribution in [0.2, 0.25) is 0 Å². The quantitative estimate of drug-likeness (QED) is 0.179. The van der Waals surface area contributed by atoms with E-state index in [2.05, 4.69) is 49.6 Å². The molecule has 11 heteroatoms. The van der Waals surface area contributed by atoms with E-state index in [-0.39, 0.29) is 19.8 Å². The molecule has 3 rings (SSSR count). The zero-order valence-electron chi connectivity index (χ0n) is 20.1. The van der Waals surface area contributed by atoms with Crippen LogP contribution in [0.1, 0.15) is 47.2 Å². The van der Waals surface area contributed by atoms with Gasteiger partial charge in [-0.1, -0.05) is 22.7 Å². The van der Waals surface area contributed by atoms with E-state index >= 15 is 0 Å². The van der Waals surface area contributed by atoms with Crippen molar-refractivity contribution in [1.29, 1.82) is 0 Å². The van der Waals surface area contributed by atoms with Crippen LogP contribution in [0.15, 0.2) is 36.4 Å². The van der Waals surface area contributed by atoms with E-state index in [0.29, 0.717) is 0 Å². The van der Waals surface area contributed by atoms with Crippen LogP contribution < -0.4 is 0 Å². The minimum atomic E-state index is -0.363. The van der Waals surface area contributed by atoms with Crippen LogP contribution in [0.3, 0.4) is 0 Å². The second kappa shape index (κ2) is 12.1. The van der Waals surface area contributed by atoms with Gasteiger partial charge in [-0.05, 0) is 64.1 Å². The van der Waals surface area contributed by atoms with Crippen LogP contribution in [-0.4, -0.2) is 45.8 Å². The highest BCUT2D eigenvalue weighted by Gasteiger charge is 2.18. The summed E-state index contributed by atoms with van der Waals surface area (Å²) in [7, 11) is 0. The average molecular weight is 533 g/mol. The normalized spacial score (nSPS) is 12.1. The van der Waals surface area contributed by atoms with Gasteiger partial charge in [0.1, 0.15) is 0 Å². The molecule has 0 saturated heterocycles. The van der Waals surface area contributed by atoms with Crippen LogP contribution in [0.25, 0.3) is 23.5 Å². The summed E-state index contributed by atoms with van der Waals surface area (Å²) in [6, 6.07) is 10.8. The maximum atomic E-state index is 11.1. The lowest BCUT2D eigenvalue weighted by atomic mass is 10.2. The van der Waals surface area contributed by atoms with E-state index in [0.717, 1.165) is 79.8 Å². The van der Waals surface area contributed by atoms with Crippen LogP contribution >= 0.6 is 34.0 Å². The monoisotopic (exact) mass is 532 g/mol. The first kappa shape index (κ1) is 26.6. The molecule has 0 bridgehead atoms. The Morgan fingerprint density at radius 3 is 1.34 bits per heavy atom. The maximum Gasteiger partial charge on any atom is 0.324 e. The predicted octanol–water partition coefficient (Wildman–Crippen LogP) is 7.37. The molecule has 0 fully saturated rings. The van der Waals surface area contributed by atoms with Gasteiger partial charge >= 0.3 is 10.0 Å². The van der Waals surface area contributed by atoms with Crippen molar-refractivity contribution in [2.24, 2.45) is 0 Å². The molecule has 35 heavy (non-hydrogen) atoms. The molecular weight excluding hydrogens is 504 g/mol. The minimum Gasteiger partial charge on any atom is -0.371 e. The molecule has 0 saturated carbocycles. The smallest absolute Gasteiger partial charge is 0.324 e. The fraction of sp³-hybridized carbons (Fsp3) is 0.333. The lowest BCUT2D eigenvalue weighted by molar-refractivity contribution is -0.380. The fourth-order valence-electron chi connectivity index (χ4n) is 3.68. The van der Waals surface area contributed by atoms with Crippen molar-refractivity contribution < 1.29 is 9.85 Å². The zero-order chi connectivity index (χ0) is 25.5. The van der Waals surface area contributed by atoms with Gasteiger partial charge in [-0.2, -0.15) is 0 Å². The first-order valence-electron chi connectivity index (χ1n) is 11.3. The average Bonchev–Trinajstić information content (AvgIpc) is 3.60. The van der Waals surface area contributed by atoms with Crippen molar-refractivity contribution in [3.63, 3.8) is 0 Å². The number of hydrogen-bond donors (Lipinski definition) is 0. The summed E-state index contributed by atoms with van der Waals surface area (Å²) in [5.41, 5.74) is 2.04. The Morgan fingerprint density at radius 1 is 0.686 bits per heavy atom. The summed E-state index contributed by atoms with van der Waals surface area (Å²) in [6.45, 7) is 11.6. The minimum absolute atomic E-state index is 0.124.